The van der Waals surface area contributed by atoms with Crippen molar-refractivity contribution >= 4 is 22.1 Å². The molecule has 1 fully saturated rings. The second kappa shape index (κ2) is 9.30. The number of benzene rings is 2. The van der Waals surface area contributed by atoms with Crippen LogP contribution in [0.1, 0.15) is 16.7 Å². The molecule has 3 rings (SSSR count). The molecular formula is C21H27N4O3S+. The van der Waals surface area contributed by atoms with Gasteiger partial charge in [0.1, 0.15) is 0 Å². The van der Waals surface area contributed by atoms with Crippen molar-refractivity contribution in [3.8, 4) is 0 Å². The highest BCUT2D eigenvalue weighted by Gasteiger charge is 2.31. The van der Waals surface area contributed by atoms with Crippen LogP contribution in [-0.4, -0.2) is 57.6 Å². The van der Waals surface area contributed by atoms with Crippen molar-refractivity contribution < 1.29 is 18.1 Å². The number of nitrogens with zero attached hydrogens (tertiary/aromatic N) is 2. The van der Waals surface area contributed by atoms with Gasteiger partial charge in [-0.25, -0.2) is 13.8 Å². The van der Waals surface area contributed by atoms with E-state index in [9.17, 15) is 13.2 Å². The molecule has 0 unspecified atom stereocenters. The Balaban J connectivity index is 1.47. The number of piperazine rings is 1. The summed E-state index contributed by atoms with van der Waals surface area (Å²) in [4.78, 5) is 13.5. The van der Waals surface area contributed by atoms with Crippen LogP contribution in [0.15, 0.2) is 58.5 Å². The smallest absolute Gasteiger partial charge is 0.295 e. The maximum Gasteiger partial charge on any atom is 0.295 e. The number of carbonyl (C=O) groups is 1. The summed E-state index contributed by atoms with van der Waals surface area (Å²) < 4.78 is 27.0. The molecule has 0 saturated carbocycles. The lowest BCUT2D eigenvalue weighted by molar-refractivity contribution is -0.895. The summed E-state index contributed by atoms with van der Waals surface area (Å²) >= 11 is 0. The van der Waals surface area contributed by atoms with Crippen LogP contribution < -0.4 is 10.3 Å². The molecule has 1 aliphatic rings. The maximum atomic E-state index is 12.7. The average Bonchev–Trinajstić information content (AvgIpc) is 2.70. The zero-order chi connectivity index (χ0) is 20.9. The maximum absolute atomic E-state index is 12.7. The number of quaternary nitrogens is 1. The molecule has 0 aliphatic carbocycles. The van der Waals surface area contributed by atoms with Gasteiger partial charge < -0.3 is 4.90 Å². The van der Waals surface area contributed by atoms with Gasteiger partial charge in [0, 0.05) is 0 Å². The van der Waals surface area contributed by atoms with Crippen LogP contribution in [0, 0.1) is 13.8 Å². The number of hydrogen-bond acceptors (Lipinski definition) is 4. The predicted octanol–water partition coefficient (Wildman–Crippen LogP) is 0.343. The van der Waals surface area contributed by atoms with Gasteiger partial charge in [0.25, 0.3) is 5.91 Å². The van der Waals surface area contributed by atoms with Gasteiger partial charge in [-0.3, -0.25) is 4.79 Å². The molecule has 1 amide bonds. The van der Waals surface area contributed by atoms with Crippen LogP contribution in [0.5, 0.6) is 0 Å². The number of sulfonamides is 1. The first kappa shape index (κ1) is 21.2. The quantitative estimate of drug-likeness (QED) is 0.527. The normalized spacial score (nSPS) is 16.2. The molecule has 0 aromatic heterocycles. The lowest BCUT2D eigenvalue weighted by Crippen LogP contribution is -3.15. The SMILES string of the molecule is Cc1ccc(/C=N/NC(=O)C[NH+]2CCN(S(=O)(=O)c3ccc(C)cc3)CC2)cc1. The van der Waals surface area contributed by atoms with Gasteiger partial charge in [-0.15, -0.1) is 0 Å². The van der Waals surface area contributed by atoms with Gasteiger partial charge in [0.05, 0.1) is 37.3 Å². The van der Waals surface area contributed by atoms with Crippen molar-refractivity contribution in [2.45, 2.75) is 18.7 Å². The van der Waals surface area contributed by atoms with E-state index in [-0.39, 0.29) is 12.5 Å². The molecule has 7 nitrogen and oxygen atoms in total. The first-order chi connectivity index (χ1) is 13.8. The summed E-state index contributed by atoms with van der Waals surface area (Å²) in [6, 6.07) is 14.7. The minimum absolute atomic E-state index is 0.182. The highest BCUT2D eigenvalue weighted by atomic mass is 32.2. The zero-order valence-corrected chi connectivity index (χ0v) is 17.6. The number of aryl methyl sites for hydroxylation is 2. The highest BCUT2D eigenvalue weighted by molar-refractivity contribution is 7.89. The summed E-state index contributed by atoms with van der Waals surface area (Å²) in [6.45, 7) is 6.16. The average molecular weight is 416 g/mol. The van der Waals surface area contributed by atoms with Gasteiger partial charge in [0.15, 0.2) is 6.54 Å². The van der Waals surface area contributed by atoms with E-state index in [1.807, 2.05) is 38.1 Å². The highest BCUT2D eigenvalue weighted by Crippen LogP contribution is 2.16. The Morgan fingerprint density at radius 1 is 1.03 bits per heavy atom. The van der Waals surface area contributed by atoms with E-state index in [1.165, 1.54) is 9.87 Å². The fraction of sp³-hybridized carbons (Fsp3) is 0.333. The van der Waals surface area contributed by atoms with Crippen LogP contribution in [-0.2, 0) is 14.8 Å². The zero-order valence-electron chi connectivity index (χ0n) is 16.8. The molecule has 1 heterocycles. The minimum Gasteiger partial charge on any atom is -0.325 e. The molecule has 0 bridgehead atoms. The Kier molecular flexibility index (Phi) is 6.79. The first-order valence-electron chi connectivity index (χ1n) is 9.63. The summed E-state index contributed by atoms with van der Waals surface area (Å²) in [7, 11) is -3.48. The van der Waals surface area contributed by atoms with E-state index in [0.29, 0.717) is 31.1 Å². The second-order valence-electron chi connectivity index (χ2n) is 7.35. The summed E-state index contributed by atoms with van der Waals surface area (Å²) in [5, 5.41) is 3.99. The van der Waals surface area contributed by atoms with Crippen LogP contribution in [0.3, 0.4) is 0 Å². The molecule has 0 atom stereocenters. The van der Waals surface area contributed by atoms with Crippen molar-refractivity contribution in [3.63, 3.8) is 0 Å². The molecule has 1 aliphatic heterocycles. The molecule has 0 radical (unpaired) electrons. The number of nitrogens with one attached hydrogen (secondary N) is 2. The van der Waals surface area contributed by atoms with E-state index >= 15 is 0 Å². The molecule has 1 saturated heterocycles. The third-order valence-electron chi connectivity index (χ3n) is 4.98. The fourth-order valence-corrected chi connectivity index (χ4v) is 4.62. The molecule has 8 heteroatoms. The lowest BCUT2D eigenvalue weighted by Gasteiger charge is -2.31. The number of amides is 1. The van der Waals surface area contributed by atoms with Crippen molar-refractivity contribution in [2.24, 2.45) is 5.10 Å². The number of hydrazone groups is 1. The van der Waals surface area contributed by atoms with Gasteiger partial charge in [-0.1, -0.05) is 47.5 Å². The lowest BCUT2D eigenvalue weighted by atomic mass is 10.2. The third-order valence-corrected chi connectivity index (χ3v) is 6.89. The fourth-order valence-electron chi connectivity index (χ4n) is 3.18. The van der Waals surface area contributed by atoms with Gasteiger partial charge in [-0.2, -0.15) is 9.41 Å². The van der Waals surface area contributed by atoms with Crippen molar-refractivity contribution in [2.75, 3.05) is 32.7 Å². The Morgan fingerprint density at radius 3 is 2.17 bits per heavy atom. The predicted molar refractivity (Wildman–Crippen MR) is 112 cm³/mol. The molecule has 0 spiro atoms. The summed E-state index contributed by atoms with van der Waals surface area (Å²) in [5.74, 6) is -0.182. The number of rotatable bonds is 6. The molecule has 29 heavy (non-hydrogen) atoms. The summed E-state index contributed by atoms with van der Waals surface area (Å²) in [5.41, 5.74) is 5.65. The van der Waals surface area contributed by atoms with Crippen LogP contribution in [0.2, 0.25) is 0 Å². The van der Waals surface area contributed by atoms with E-state index in [4.69, 9.17) is 0 Å². The van der Waals surface area contributed by atoms with E-state index in [2.05, 4.69) is 10.5 Å². The van der Waals surface area contributed by atoms with Crippen molar-refractivity contribution in [1.29, 1.82) is 0 Å². The number of hydrogen-bond donors (Lipinski definition) is 2. The van der Waals surface area contributed by atoms with Crippen LogP contribution in [0.25, 0.3) is 0 Å². The van der Waals surface area contributed by atoms with Crippen molar-refractivity contribution in [1.82, 2.24) is 9.73 Å². The Morgan fingerprint density at radius 2 is 1.59 bits per heavy atom. The van der Waals surface area contributed by atoms with E-state index in [0.717, 1.165) is 16.0 Å². The van der Waals surface area contributed by atoms with Gasteiger partial charge in [-0.05, 0) is 31.5 Å². The Labute approximate surface area is 172 Å². The standard InChI is InChI=1S/C21H26N4O3S/c1-17-3-7-19(8-4-17)15-22-23-21(26)16-24-11-13-25(14-12-24)29(27,28)20-9-5-18(2)6-10-20/h3-10,15H,11-14,16H2,1-2H3,(H,23,26)/p+1/b22-15+. The minimum atomic E-state index is -3.48. The topological polar surface area (TPSA) is 83.3 Å². The third kappa shape index (κ3) is 5.72. The van der Waals surface area contributed by atoms with E-state index < -0.39 is 10.0 Å². The van der Waals surface area contributed by atoms with E-state index in [1.54, 1.807) is 30.5 Å². The van der Waals surface area contributed by atoms with Gasteiger partial charge in [0.2, 0.25) is 10.0 Å². The second-order valence-corrected chi connectivity index (χ2v) is 9.29. The molecule has 2 N–H and O–H groups in total. The largest absolute Gasteiger partial charge is 0.325 e. The Hall–Kier alpha value is -2.55. The van der Waals surface area contributed by atoms with Crippen LogP contribution >= 0.6 is 0 Å². The Bertz CT molecular complexity index is 962. The molecule has 154 valence electrons. The van der Waals surface area contributed by atoms with Gasteiger partial charge >= 0.3 is 0 Å². The molecule has 2 aromatic carbocycles. The molecule has 2 aromatic rings. The summed E-state index contributed by atoms with van der Waals surface area (Å²) in [6.07, 6.45) is 1.61. The monoisotopic (exact) mass is 415 g/mol. The van der Waals surface area contributed by atoms with Crippen LogP contribution in [0.4, 0.5) is 0 Å². The number of carbonyl (C=O) groups excluding carboxylic acids is 1. The molecular weight excluding hydrogens is 388 g/mol. The van der Waals surface area contributed by atoms with Crippen molar-refractivity contribution in [3.05, 3.63) is 65.2 Å². The first-order valence-corrected chi connectivity index (χ1v) is 11.1.